The van der Waals surface area contributed by atoms with Crippen molar-refractivity contribution in [2.75, 3.05) is 29.3 Å². The lowest BCUT2D eigenvalue weighted by atomic mass is 10.1. The molecule has 2 N–H and O–H groups in total. The molecule has 1 aliphatic rings. The van der Waals surface area contributed by atoms with E-state index in [0.29, 0.717) is 18.2 Å². The van der Waals surface area contributed by atoms with E-state index in [1.165, 1.54) is 18.2 Å². The zero-order valence-electron chi connectivity index (χ0n) is 21.2. The molecule has 1 saturated heterocycles. The van der Waals surface area contributed by atoms with Crippen molar-refractivity contribution >= 4 is 44.8 Å². The zero-order chi connectivity index (χ0) is 27.3. The number of hydrogen-bond donors (Lipinski definition) is 2. The molecule has 3 aromatic rings. The van der Waals surface area contributed by atoms with Crippen LogP contribution in [0.15, 0.2) is 71.6 Å². The van der Waals surface area contributed by atoms with E-state index in [-0.39, 0.29) is 33.8 Å². The highest BCUT2D eigenvalue weighted by Crippen LogP contribution is 2.28. The molecule has 38 heavy (non-hydrogen) atoms. The second-order valence-corrected chi connectivity index (χ2v) is 11.5. The van der Waals surface area contributed by atoms with Gasteiger partial charge < -0.3 is 15.4 Å². The molecule has 0 bridgehead atoms. The summed E-state index contributed by atoms with van der Waals surface area (Å²) in [5.74, 6) is -0.970. The van der Waals surface area contributed by atoms with Gasteiger partial charge in [-0.15, -0.1) is 0 Å². The van der Waals surface area contributed by atoms with E-state index >= 15 is 0 Å². The van der Waals surface area contributed by atoms with Crippen molar-refractivity contribution in [3.8, 4) is 0 Å². The summed E-state index contributed by atoms with van der Waals surface area (Å²) in [7, 11) is -4.11. The molecule has 0 aromatic heterocycles. The van der Waals surface area contributed by atoms with Crippen LogP contribution in [0.25, 0.3) is 0 Å². The van der Waals surface area contributed by atoms with Crippen LogP contribution < -0.4 is 14.9 Å². The summed E-state index contributed by atoms with van der Waals surface area (Å²) in [6.45, 7) is 4.19. The summed E-state index contributed by atoms with van der Waals surface area (Å²) < 4.78 is 33.8. The highest BCUT2D eigenvalue weighted by atomic mass is 35.5. The Balaban J connectivity index is 1.57. The largest absolute Gasteiger partial charge is 0.376 e. The Morgan fingerprint density at radius 1 is 1.05 bits per heavy atom. The third-order valence-electron chi connectivity index (χ3n) is 6.30. The second kappa shape index (κ2) is 12.0. The number of nitrogens with zero attached hydrogens (tertiary/aromatic N) is 1. The van der Waals surface area contributed by atoms with E-state index in [1.54, 1.807) is 55.5 Å². The number of ether oxygens (including phenoxy) is 1. The lowest BCUT2D eigenvalue weighted by Crippen LogP contribution is -2.38. The van der Waals surface area contributed by atoms with Gasteiger partial charge in [-0.05, 0) is 68.7 Å². The van der Waals surface area contributed by atoms with E-state index in [1.807, 2.05) is 6.92 Å². The van der Waals surface area contributed by atoms with Crippen molar-refractivity contribution in [3.05, 3.63) is 88.4 Å². The Bertz CT molecular complexity index is 1420. The van der Waals surface area contributed by atoms with Crippen LogP contribution in [-0.2, 0) is 19.6 Å². The molecule has 0 radical (unpaired) electrons. The standard InChI is InChI=1S/C28H30ClN3O5S/c1-19-9-13-23(14-10-19)38(35,36)32(21-12-11-20(2)25(29)16-21)18-27(33)31-26-8-4-3-7-24(26)28(34)30-17-22-6-5-15-37-22/h3-4,7-14,16,22H,5-6,15,17-18H2,1-2H3,(H,30,34)(H,31,33)/t22-/m1/s1. The van der Waals surface area contributed by atoms with Crippen LogP contribution in [0.3, 0.4) is 0 Å². The molecule has 200 valence electrons. The number of hydrogen-bond acceptors (Lipinski definition) is 5. The Kier molecular flexibility index (Phi) is 8.71. The Hall–Kier alpha value is -3.40. The van der Waals surface area contributed by atoms with Gasteiger partial charge in [0.1, 0.15) is 6.54 Å². The number of sulfonamides is 1. The SMILES string of the molecule is Cc1ccc(S(=O)(=O)N(CC(=O)Nc2ccccc2C(=O)NC[C@H]2CCCO2)c2ccc(C)c(Cl)c2)cc1. The molecular formula is C28H30ClN3O5S. The van der Waals surface area contributed by atoms with Gasteiger partial charge in [0.2, 0.25) is 5.91 Å². The van der Waals surface area contributed by atoms with Crippen LogP contribution in [0, 0.1) is 13.8 Å². The fourth-order valence-electron chi connectivity index (χ4n) is 4.11. The number of anilines is 2. The third-order valence-corrected chi connectivity index (χ3v) is 8.49. The first-order valence-electron chi connectivity index (χ1n) is 12.3. The molecule has 2 amide bonds. The molecule has 8 nitrogen and oxygen atoms in total. The van der Waals surface area contributed by atoms with Crippen molar-refractivity contribution in [2.45, 2.75) is 37.7 Å². The van der Waals surface area contributed by atoms with Gasteiger partial charge in [0, 0.05) is 18.2 Å². The zero-order valence-corrected chi connectivity index (χ0v) is 22.8. The molecule has 0 saturated carbocycles. The van der Waals surface area contributed by atoms with E-state index < -0.39 is 22.5 Å². The molecule has 0 spiro atoms. The molecule has 10 heteroatoms. The van der Waals surface area contributed by atoms with Gasteiger partial charge in [0.25, 0.3) is 15.9 Å². The number of para-hydroxylation sites is 1. The second-order valence-electron chi connectivity index (χ2n) is 9.20. The Morgan fingerprint density at radius 3 is 2.47 bits per heavy atom. The molecule has 4 rings (SSSR count). The highest BCUT2D eigenvalue weighted by Gasteiger charge is 2.28. The van der Waals surface area contributed by atoms with Crippen molar-refractivity contribution in [1.29, 1.82) is 0 Å². The number of aryl methyl sites for hydroxylation is 2. The highest BCUT2D eigenvalue weighted by molar-refractivity contribution is 7.92. The van der Waals surface area contributed by atoms with E-state index in [9.17, 15) is 18.0 Å². The van der Waals surface area contributed by atoms with Crippen LogP contribution in [0.2, 0.25) is 5.02 Å². The van der Waals surface area contributed by atoms with Crippen molar-refractivity contribution in [1.82, 2.24) is 5.32 Å². The van der Waals surface area contributed by atoms with E-state index in [4.69, 9.17) is 16.3 Å². The fraction of sp³-hybridized carbons (Fsp3) is 0.286. The summed E-state index contributed by atoms with van der Waals surface area (Å²) >= 11 is 6.30. The quantitative estimate of drug-likeness (QED) is 0.398. The monoisotopic (exact) mass is 555 g/mol. The molecule has 0 aliphatic carbocycles. The molecule has 3 aromatic carbocycles. The van der Waals surface area contributed by atoms with Crippen LogP contribution >= 0.6 is 11.6 Å². The summed E-state index contributed by atoms with van der Waals surface area (Å²) in [6, 6.07) is 17.8. The number of rotatable bonds is 9. The summed E-state index contributed by atoms with van der Waals surface area (Å²) in [6.07, 6.45) is 1.82. The predicted molar refractivity (Wildman–Crippen MR) is 148 cm³/mol. The third kappa shape index (κ3) is 6.53. The minimum atomic E-state index is -4.11. The minimum Gasteiger partial charge on any atom is -0.376 e. The van der Waals surface area contributed by atoms with Gasteiger partial charge in [-0.2, -0.15) is 0 Å². The Labute approximate surface area is 228 Å². The number of carbonyl (C=O) groups is 2. The van der Waals surface area contributed by atoms with Crippen LogP contribution in [0.5, 0.6) is 0 Å². The molecule has 0 unspecified atom stereocenters. The predicted octanol–water partition coefficient (Wildman–Crippen LogP) is 4.70. The number of benzene rings is 3. The van der Waals surface area contributed by atoms with Crippen molar-refractivity contribution in [3.63, 3.8) is 0 Å². The van der Waals surface area contributed by atoms with Gasteiger partial charge in [-0.3, -0.25) is 13.9 Å². The summed E-state index contributed by atoms with van der Waals surface area (Å²) in [5.41, 5.74) is 2.47. The maximum atomic E-state index is 13.6. The summed E-state index contributed by atoms with van der Waals surface area (Å²) in [5, 5.41) is 5.93. The normalized spacial score (nSPS) is 15.2. The molecule has 1 heterocycles. The topological polar surface area (TPSA) is 105 Å². The average molecular weight is 556 g/mol. The number of carbonyl (C=O) groups excluding carboxylic acids is 2. The first-order valence-corrected chi connectivity index (χ1v) is 14.1. The lowest BCUT2D eigenvalue weighted by molar-refractivity contribution is -0.114. The molecule has 1 atom stereocenters. The maximum absolute atomic E-state index is 13.6. The number of amides is 2. The summed E-state index contributed by atoms with van der Waals surface area (Å²) in [4.78, 5) is 26.1. The van der Waals surface area contributed by atoms with Gasteiger partial charge in [0.05, 0.1) is 27.9 Å². The van der Waals surface area contributed by atoms with E-state index in [0.717, 1.165) is 28.3 Å². The van der Waals surface area contributed by atoms with Gasteiger partial charge >= 0.3 is 0 Å². The molecular weight excluding hydrogens is 526 g/mol. The first kappa shape index (κ1) is 27.6. The average Bonchev–Trinajstić information content (AvgIpc) is 3.42. The van der Waals surface area contributed by atoms with Crippen LogP contribution in [-0.4, -0.2) is 46.0 Å². The van der Waals surface area contributed by atoms with Gasteiger partial charge in [0.15, 0.2) is 0 Å². The molecule has 1 aliphatic heterocycles. The van der Waals surface area contributed by atoms with Crippen molar-refractivity contribution < 1.29 is 22.7 Å². The van der Waals surface area contributed by atoms with Gasteiger partial charge in [-0.1, -0.05) is 47.5 Å². The van der Waals surface area contributed by atoms with E-state index in [2.05, 4.69) is 10.6 Å². The molecule has 1 fully saturated rings. The fourth-order valence-corrected chi connectivity index (χ4v) is 5.69. The number of halogens is 1. The van der Waals surface area contributed by atoms with Crippen molar-refractivity contribution in [2.24, 2.45) is 0 Å². The first-order chi connectivity index (χ1) is 18.1. The lowest BCUT2D eigenvalue weighted by Gasteiger charge is -2.25. The Morgan fingerprint density at radius 2 is 1.79 bits per heavy atom. The number of nitrogens with one attached hydrogen (secondary N) is 2. The van der Waals surface area contributed by atoms with Gasteiger partial charge in [-0.25, -0.2) is 8.42 Å². The maximum Gasteiger partial charge on any atom is 0.264 e. The minimum absolute atomic E-state index is 0.0254. The smallest absolute Gasteiger partial charge is 0.264 e. The van der Waals surface area contributed by atoms with Crippen LogP contribution in [0.4, 0.5) is 11.4 Å². The van der Waals surface area contributed by atoms with Crippen LogP contribution in [0.1, 0.15) is 34.3 Å².